The maximum atomic E-state index is 5.16. The van der Waals surface area contributed by atoms with Crippen molar-refractivity contribution in [2.24, 2.45) is 7.05 Å². The van der Waals surface area contributed by atoms with Crippen molar-refractivity contribution in [3.05, 3.63) is 42.4 Å². The van der Waals surface area contributed by atoms with Crippen LogP contribution in [0.25, 0.3) is 6.08 Å². The molecule has 0 saturated carbocycles. The Bertz CT molecular complexity index is 444. The topological polar surface area (TPSA) is 55.9 Å². The van der Waals surface area contributed by atoms with Gasteiger partial charge in [0.25, 0.3) is 0 Å². The Morgan fingerprint density at radius 3 is 3.19 bits per heavy atom. The number of rotatable bonds is 5. The van der Waals surface area contributed by atoms with Gasteiger partial charge in [0.1, 0.15) is 12.1 Å². The summed E-state index contributed by atoms with van der Waals surface area (Å²) in [5, 5.41) is 7.37. The molecule has 16 heavy (non-hydrogen) atoms. The van der Waals surface area contributed by atoms with Gasteiger partial charge in [0.05, 0.1) is 12.8 Å². The summed E-state index contributed by atoms with van der Waals surface area (Å²) >= 11 is 0. The van der Waals surface area contributed by atoms with Crippen LogP contribution in [0.1, 0.15) is 11.6 Å². The highest BCUT2D eigenvalue weighted by molar-refractivity contribution is 5.42. The molecular formula is C11H14N4O. The van der Waals surface area contributed by atoms with Crippen LogP contribution in [0.4, 0.5) is 0 Å². The molecule has 0 saturated heterocycles. The van der Waals surface area contributed by atoms with E-state index in [0.29, 0.717) is 6.54 Å². The standard InChI is InChI=1S/C11H14N4O/c1-15-9-13-11(14-15)8-12-6-2-4-10-5-3-7-16-10/h2-5,7,9,12H,6,8H2,1H3/b4-2+. The SMILES string of the molecule is Cn1cnc(CNC/C=C/c2ccco2)n1. The minimum Gasteiger partial charge on any atom is -0.465 e. The number of nitrogens with one attached hydrogen (secondary N) is 1. The van der Waals surface area contributed by atoms with E-state index in [4.69, 9.17) is 4.42 Å². The molecule has 0 aliphatic heterocycles. The number of furan rings is 1. The second-order valence-electron chi connectivity index (χ2n) is 3.38. The van der Waals surface area contributed by atoms with E-state index in [9.17, 15) is 0 Å². The highest BCUT2D eigenvalue weighted by atomic mass is 16.3. The van der Waals surface area contributed by atoms with Gasteiger partial charge in [-0.25, -0.2) is 4.98 Å². The predicted molar refractivity (Wildman–Crippen MR) is 60.5 cm³/mol. The van der Waals surface area contributed by atoms with Gasteiger partial charge < -0.3 is 9.73 Å². The third-order valence-electron chi connectivity index (χ3n) is 2.02. The van der Waals surface area contributed by atoms with Crippen molar-refractivity contribution < 1.29 is 4.42 Å². The summed E-state index contributed by atoms with van der Waals surface area (Å²) in [7, 11) is 1.85. The van der Waals surface area contributed by atoms with Crippen LogP contribution in [0.2, 0.25) is 0 Å². The first-order chi connectivity index (χ1) is 7.84. The van der Waals surface area contributed by atoms with Crippen LogP contribution in [0, 0.1) is 0 Å². The van der Waals surface area contributed by atoms with Crippen LogP contribution in [-0.4, -0.2) is 21.3 Å². The lowest BCUT2D eigenvalue weighted by molar-refractivity contribution is 0.556. The molecule has 0 unspecified atom stereocenters. The van der Waals surface area contributed by atoms with Crippen molar-refractivity contribution in [2.75, 3.05) is 6.54 Å². The Labute approximate surface area is 93.8 Å². The Hall–Kier alpha value is -1.88. The van der Waals surface area contributed by atoms with E-state index in [0.717, 1.165) is 18.1 Å². The lowest BCUT2D eigenvalue weighted by Crippen LogP contribution is -2.14. The largest absolute Gasteiger partial charge is 0.465 e. The fraction of sp³-hybridized carbons (Fsp3) is 0.273. The summed E-state index contributed by atoms with van der Waals surface area (Å²) in [5.41, 5.74) is 0. The molecule has 5 heteroatoms. The molecule has 2 heterocycles. The fourth-order valence-corrected chi connectivity index (χ4v) is 1.29. The molecule has 2 aromatic heterocycles. The van der Waals surface area contributed by atoms with Gasteiger partial charge in [-0.1, -0.05) is 6.08 Å². The van der Waals surface area contributed by atoms with Gasteiger partial charge >= 0.3 is 0 Å². The first-order valence-electron chi connectivity index (χ1n) is 5.10. The molecule has 0 fully saturated rings. The second kappa shape index (κ2) is 5.27. The Morgan fingerprint density at radius 1 is 1.56 bits per heavy atom. The lowest BCUT2D eigenvalue weighted by Gasteiger charge is -1.95. The summed E-state index contributed by atoms with van der Waals surface area (Å²) in [4.78, 5) is 4.11. The van der Waals surface area contributed by atoms with Gasteiger partial charge in [-0.3, -0.25) is 4.68 Å². The Balaban J connectivity index is 1.69. The molecule has 0 spiro atoms. The van der Waals surface area contributed by atoms with Crippen molar-refractivity contribution in [3.63, 3.8) is 0 Å². The maximum Gasteiger partial charge on any atom is 0.164 e. The molecule has 2 aromatic rings. The first-order valence-corrected chi connectivity index (χ1v) is 5.10. The third kappa shape index (κ3) is 3.06. The highest BCUT2D eigenvalue weighted by Crippen LogP contribution is 2.01. The Morgan fingerprint density at radius 2 is 2.50 bits per heavy atom. The number of aromatic nitrogens is 3. The fourth-order valence-electron chi connectivity index (χ4n) is 1.29. The second-order valence-corrected chi connectivity index (χ2v) is 3.38. The first kappa shape index (κ1) is 10.6. The van der Waals surface area contributed by atoms with Gasteiger partial charge in [-0.2, -0.15) is 5.10 Å². The number of hydrogen-bond acceptors (Lipinski definition) is 4. The van der Waals surface area contributed by atoms with Crippen LogP contribution in [0.3, 0.4) is 0 Å². The van der Waals surface area contributed by atoms with Crippen molar-refractivity contribution in [2.45, 2.75) is 6.54 Å². The molecule has 0 bridgehead atoms. The van der Waals surface area contributed by atoms with Gasteiger partial charge in [-0.15, -0.1) is 0 Å². The monoisotopic (exact) mass is 218 g/mol. The van der Waals surface area contributed by atoms with Crippen molar-refractivity contribution in [1.82, 2.24) is 20.1 Å². The normalized spacial score (nSPS) is 11.3. The third-order valence-corrected chi connectivity index (χ3v) is 2.02. The summed E-state index contributed by atoms with van der Waals surface area (Å²) in [5.74, 6) is 1.66. The zero-order valence-electron chi connectivity index (χ0n) is 9.13. The van der Waals surface area contributed by atoms with Crippen LogP contribution in [0.15, 0.2) is 35.2 Å². The molecule has 1 N–H and O–H groups in total. The lowest BCUT2D eigenvalue weighted by atomic mass is 10.4. The molecular weight excluding hydrogens is 204 g/mol. The van der Waals surface area contributed by atoms with Crippen LogP contribution in [-0.2, 0) is 13.6 Å². The van der Waals surface area contributed by atoms with Gasteiger partial charge in [0.2, 0.25) is 0 Å². The minimum absolute atomic E-state index is 0.670. The van der Waals surface area contributed by atoms with E-state index in [1.807, 2.05) is 31.3 Å². The molecule has 0 amide bonds. The van der Waals surface area contributed by atoms with Crippen molar-refractivity contribution in [1.29, 1.82) is 0 Å². The van der Waals surface area contributed by atoms with Crippen molar-refractivity contribution >= 4 is 6.08 Å². The van der Waals surface area contributed by atoms with Crippen LogP contribution in [0.5, 0.6) is 0 Å². The zero-order chi connectivity index (χ0) is 11.2. The molecule has 0 aliphatic carbocycles. The van der Waals surface area contributed by atoms with E-state index < -0.39 is 0 Å². The Kier molecular flexibility index (Phi) is 3.50. The predicted octanol–water partition coefficient (Wildman–Crippen LogP) is 1.21. The summed E-state index contributed by atoms with van der Waals surface area (Å²) in [6.45, 7) is 1.43. The quantitative estimate of drug-likeness (QED) is 0.766. The van der Waals surface area contributed by atoms with Gasteiger partial charge in [0.15, 0.2) is 5.82 Å². The molecule has 0 atom stereocenters. The highest BCUT2D eigenvalue weighted by Gasteiger charge is 1.95. The summed E-state index contributed by atoms with van der Waals surface area (Å²) < 4.78 is 6.85. The molecule has 84 valence electrons. The maximum absolute atomic E-state index is 5.16. The zero-order valence-corrected chi connectivity index (χ0v) is 9.13. The van der Waals surface area contributed by atoms with E-state index in [2.05, 4.69) is 15.4 Å². The van der Waals surface area contributed by atoms with Crippen molar-refractivity contribution in [3.8, 4) is 0 Å². The molecule has 0 aromatic carbocycles. The van der Waals surface area contributed by atoms with E-state index in [-0.39, 0.29) is 0 Å². The molecule has 5 nitrogen and oxygen atoms in total. The number of nitrogens with zero attached hydrogens (tertiary/aromatic N) is 3. The van der Waals surface area contributed by atoms with E-state index in [1.165, 1.54) is 0 Å². The van der Waals surface area contributed by atoms with Crippen LogP contribution >= 0.6 is 0 Å². The van der Waals surface area contributed by atoms with E-state index in [1.54, 1.807) is 17.3 Å². The van der Waals surface area contributed by atoms with Gasteiger partial charge in [0, 0.05) is 13.6 Å². The number of aryl methyl sites for hydroxylation is 1. The summed E-state index contributed by atoms with van der Waals surface area (Å²) in [6.07, 6.45) is 7.28. The molecule has 2 rings (SSSR count). The van der Waals surface area contributed by atoms with Crippen LogP contribution < -0.4 is 5.32 Å². The minimum atomic E-state index is 0.670. The summed E-state index contributed by atoms with van der Waals surface area (Å²) in [6, 6.07) is 3.78. The average Bonchev–Trinajstić information content (AvgIpc) is 2.89. The molecule has 0 radical (unpaired) electrons. The van der Waals surface area contributed by atoms with E-state index >= 15 is 0 Å². The van der Waals surface area contributed by atoms with Gasteiger partial charge in [-0.05, 0) is 18.2 Å². The number of hydrogen-bond donors (Lipinski definition) is 1. The smallest absolute Gasteiger partial charge is 0.164 e. The average molecular weight is 218 g/mol. The molecule has 0 aliphatic rings.